The molecule has 0 fully saturated rings. The first-order valence-electron chi connectivity index (χ1n) is 5.91. The summed E-state index contributed by atoms with van der Waals surface area (Å²) in [6.45, 7) is 12.0. The van der Waals surface area contributed by atoms with Crippen molar-refractivity contribution in [3.63, 3.8) is 0 Å². The minimum Gasteiger partial charge on any atom is -0.312 e. The van der Waals surface area contributed by atoms with Crippen LogP contribution in [0.2, 0.25) is 0 Å². The van der Waals surface area contributed by atoms with Crippen LogP contribution >= 0.6 is 0 Å². The van der Waals surface area contributed by atoms with Gasteiger partial charge in [0.05, 0.1) is 5.69 Å². The molecule has 0 radical (unpaired) electrons. The van der Waals surface area contributed by atoms with Crippen LogP contribution in [-0.4, -0.2) is 22.1 Å². The predicted molar refractivity (Wildman–Crippen MR) is 67.4 cm³/mol. The molecule has 1 rings (SSSR count). The lowest BCUT2D eigenvalue weighted by Gasteiger charge is -2.26. The van der Waals surface area contributed by atoms with Crippen LogP contribution in [0, 0.1) is 5.92 Å². The van der Waals surface area contributed by atoms with E-state index in [1.807, 2.05) is 6.20 Å². The fourth-order valence-electron chi connectivity index (χ4n) is 1.48. The largest absolute Gasteiger partial charge is 0.312 e. The fourth-order valence-corrected chi connectivity index (χ4v) is 1.48. The van der Waals surface area contributed by atoms with E-state index in [-0.39, 0.29) is 5.54 Å². The van der Waals surface area contributed by atoms with E-state index in [1.54, 1.807) is 12.4 Å². The number of nitrogens with zero attached hydrogens (tertiary/aromatic N) is 2. The van der Waals surface area contributed by atoms with Crippen LogP contribution in [0.3, 0.4) is 0 Å². The Morgan fingerprint density at radius 1 is 1.25 bits per heavy atom. The first kappa shape index (κ1) is 13.1. The molecule has 1 N–H and O–H groups in total. The van der Waals surface area contributed by atoms with Crippen LogP contribution in [0.4, 0.5) is 0 Å². The molecule has 0 saturated heterocycles. The minimum absolute atomic E-state index is 0.177. The van der Waals surface area contributed by atoms with Gasteiger partial charge in [0.25, 0.3) is 0 Å². The van der Waals surface area contributed by atoms with Crippen molar-refractivity contribution in [2.75, 3.05) is 6.54 Å². The maximum Gasteiger partial charge on any atom is 0.0617 e. The van der Waals surface area contributed by atoms with Gasteiger partial charge in [-0.3, -0.25) is 9.97 Å². The summed E-state index contributed by atoms with van der Waals surface area (Å²) < 4.78 is 0. The van der Waals surface area contributed by atoms with Crippen LogP contribution < -0.4 is 5.32 Å². The highest BCUT2D eigenvalue weighted by atomic mass is 14.9. The van der Waals surface area contributed by atoms with Crippen LogP contribution in [0.25, 0.3) is 0 Å². The van der Waals surface area contributed by atoms with E-state index >= 15 is 0 Å². The summed E-state index contributed by atoms with van der Waals surface area (Å²) in [5.41, 5.74) is 1.25. The standard InChI is InChI=1S/C13H23N3/c1-10(8-16-13(3,4)5)11(2)12-9-14-6-7-15-12/h6-7,9-11,16H,8H2,1-5H3. The zero-order valence-corrected chi connectivity index (χ0v) is 11.0. The highest BCUT2D eigenvalue weighted by molar-refractivity contribution is 5.03. The van der Waals surface area contributed by atoms with E-state index in [0.29, 0.717) is 11.8 Å². The third kappa shape index (κ3) is 4.27. The van der Waals surface area contributed by atoms with E-state index in [2.05, 4.69) is 49.9 Å². The molecule has 16 heavy (non-hydrogen) atoms. The number of nitrogens with one attached hydrogen (secondary N) is 1. The van der Waals surface area contributed by atoms with Crippen molar-refractivity contribution in [3.8, 4) is 0 Å². The minimum atomic E-state index is 0.177. The first-order chi connectivity index (χ1) is 7.40. The Morgan fingerprint density at radius 3 is 2.44 bits per heavy atom. The van der Waals surface area contributed by atoms with Gasteiger partial charge in [-0.15, -0.1) is 0 Å². The van der Waals surface area contributed by atoms with Gasteiger partial charge in [0.1, 0.15) is 0 Å². The summed E-state index contributed by atoms with van der Waals surface area (Å²) >= 11 is 0. The maximum absolute atomic E-state index is 4.35. The topological polar surface area (TPSA) is 37.8 Å². The lowest BCUT2D eigenvalue weighted by atomic mass is 9.92. The molecule has 0 aliphatic carbocycles. The van der Waals surface area contributed by atoms with Crippen LogP contribution in [0.15, 0.2) is 18.6 Å². The summed E-state index contributed by atoms with van der Waals surface area (Å²) in [5.74, 6) is 0.986. The third-order valence-corrected chi connectivity index (χ3v) is 2.86. The van der Waals surface area contributed by atoms with Crippen molar-refractivity contribution < 1.29 is 0 Å². The molecule has 2 atom stereocenters. The number of hydrogen-bond acceptors (Lipinski definition) is 3. The summed E-state index contributed by atoms with van der Waals surface area (Å²) in [4.78, 5) is 8.47. The molecule has 90 valence electrons. The van der Waals surface area contributed by atoms with E-state index in [0.717, 1.165) is 12.2 Å². The quantitative estimate of drug-likeness (QED) is 0.849. The average Bonchev–Trinajstić information content (AvgIpc) is 2.25. The summed E-state index contributed by atoms with van der Waals surface area (Å²) in [7, 11) is 0. The molecule has 0 aromatic carbocycles. The van der Waals surface area contributed by atoms with E-state index in [4.69, 9.17) is 0 Å². The molecule has 0 bridgehead atoms. The Balaban J connectivity index is 2.52. The molecular formula is C13H23N3. The molecule has 1 aromatic heterocycles. The van der Waals surface area contributed by atoms with Crippen LogP contribution in [-0.2, 0) is 0 Å². The maximum atomic E-state index is 4.35. The van der Waals surface area contributed by atoms with Crippen molar-refractivity contribution in [2.45, 2.75) is 46.1 Å². The molecule has 1 heterocycles. The number of aromatic nitrogens is 2. The molecule has 3 heteroatoms. The van der Waals surface area contributed by atoms with Gasteiger partial charge in [0.15, 0.2) is 0 Å². The van der Waals surface area contributed by atoms with Crippen molar-refractivity contribution in [1.82, 2.24) is 15.3 Å². The average molecular weight is 221 g/mol. The van der Waals surface area contributed by atoms with Gasteiger partial charge in [-0.2, -0.15) is 0 Å². The Labute approximate surface area is 98.7 Å². The highest BCUT2D eigenvalue weighted by Crippen LogP contribution is 2.21. The van der Waals surface area contributed by atoms with Crippen molar-refractivity contribution in [1.29, 1.82) is 0 Å². The molecule has 1 aromatic rings. The number of rotatable bonds is 4. The predicted octanol–water partition coefficient (Wildman–Crippen LogP) is 2.60. The number of hydrogen-bond donors (Lipinski definition) is 1. The van der Waals surface area contributed by atoms with Gasteiger partial charge < -0.3 is 5.32 Å². The van der Waals surface area contributed by atoms with Gasteiger partial charge in [-0.05, 0) is 33.2 Å². The first-order valence-corrected chi connectivity index (χ1v) is 5.91. The Kier molecular flexibility index (Phi) is 4.42. The molecule has 2 unspecified atom stereocenters. The summed E-state index contributed by atoms with van der Waals surface area (Å²) in [6.07, 6.45) is 5.34. The van der Waals surface area contributed by atoms with Gasteiger partial charge >= 0.3 is 0 Å². The van der Waals surface area contributed by atoms with Crippen molar-refractivity contribution >= 4 is 0 Å². The molecule has 0 aliphatic rings. The molecule has 3 nitrogen and oxygen atoms in total. The van der Waals surface area contributed by atoms with Crippen molar-refractivity contribution in [2.24, 2.45) is 5.92 Å². The van der Waals surface area contributed by atoms with E-state index < -0.39 is 0 Å². The SMILES string of the molecule is CC(CNC(C)(C)C)C(C)c1cnccn1. The smallest absolute Gasteiger partial charge is 0.0617 e. The summed E-state index contributed by atoms with van der Waals surface area (Å²) in [5, 5.41) is 3.52. The normalized spacial score (nSPS) is 15.8. The van der Waals surface area contributed by atoms with Gasteiger partial charge in [-0.25, -0.2) is 0 Å². The van der Waals surface area contributed by atoms with Crippen LogP contribution in [0.5, 0.6) is 0 Å². The zero-order valence-electron chi connectivity index (χ0n) is 11.0. The molecule has 0 aliphatic heterocycles. The zero-order chi connectivity index (χ0) is 12.2. The molecule has 0 spiro atoms. The second-order valence-electron chi connectivity index (χ2n) is 5.53. The fraction of sp³-hybridized carbons (Fsp3) is 0.692. The second-order valence-corrected chi connectivity index (χ2v) is 5.53. The highest BCUT2D eigenvalue weighted by Gasteiger charge is 2.18. The van der Waals surface area contributed by atoms with Gasteiger partial charge in [-0.1, -0.05) is 13.8 Å². The molecule has 0 amide bonds. The molecular weight excluding hydrogens is 198 g/mol. The third-order valence-electron chi connectivity index (χ3n) is 2.86. The monoisotopic (exact) mass is 221 g/mol. The Hall–Kier alpha value is -0.960. The Bertz CT molecular complexity index is 303. The van der Waals surface area contributed by atoms with E-state index in [9.17, 15) is 0 Å². The van der Waals surface area contributed by atoms with Crippen molar-refractivity contribution in [3.05, 3.63) is 24.3 Å². The lowest BCUT2D eigenvalue weighted by molar-refractivity contribution is 0.356. The second kappa shape index (κ2) is 5.39. The lowest BCUT2D eigenvalue weighted by Crippen LogP contribution is -2.39. The van der Waals surface area contributed by atoms with Crippen LogP contribution in [0.1, 0.15) is 46.2 Å². The summed E-state index contributed by atoms with van der Waals surface area (Å²) in [6, 6.07) is 0. The Morgan fingerprint density at radius 2 is 1.94 bits per heavy atom. The van der Waals surface area contributed by atoms with Gasteiger partial charge in [0, 0.05) is 30.0 Å². The van der Waals surface area contributed by atoms with Gasteiger partial charge in [0.2, 0.25) is 0 Å². The van der Waals surface area contributed by atoms with E-state index in [1.165, 1.54) is 0 Å². The molecule has 0 saturated carbocycles.